The topological polar surface area (TPSA) is 49.4 Å². The number of Topliss-reactive ketones (excluding diaryl/α,β-unsaturated/α-hetero) is 1. The van der Waals surface area contributed by atoms with Gasteiger partial charge in [-0.25, -0.2) is 4.39 Å². The molecule has 1 saturated heterocycles. The summed E-state index contributed by atoms with van der Waals surface area (Å²) in [5.74, 6) is -1.78. The van der Waals surface area contributed by atoms with Crippen molar-refractivity contribution in [1.82, 2.24) is 10.2 Å². The van der Waals surface area contributed by atoms with Gasteiger partial charge in [0, 0.05) is 25.0 Å². The SMILES string of the molecule is CC1CCCCN1C(C)CNC(=O)C(=O)Cc1ccc(Cl)c(F)c1. The van der Waals surface area contributed by atoms with Crippen LogP contribution in [0.15, 0.2) is 18.2 Å². The van der Waals surface area contributed by atoms with Gasteiger partial charge in [-0.3, -0.25) is 14.5 Å². The van der Waals surface area contributed by atoms with Crippen LogP contribution < -0.4 is 5.32 Å². The number of hydrogen-bond donors (Lipinski definition) is 1. The Balaban J connectivity index is 1.82. The zero-order valence-electron chi connectivity index (χ0n) is 14.1. The highest BCUT2D eigenvalue weighted by molar-refractivity contribution is 6.36. The van der Waals surface area contributed by atoms with E-state index in [2.05, 4.69) is 24.1 Å². The van der Waals surface area contributed by atoms with Crippen LogP contribution in [-0.4, -0.2) is 41.8 Å². The summed E-state index contributed by atoms with van der Waals surface area (Å²) in [6.45, 7) is 5.71. The molecule has 1 fully saturated rings. The van der Waals surface area contributed by atoms with Crippen LogP contribution >= 0.6 is 11.6 Å². The molecule has 24 heavy (non-hydrogen) atoms. The van der Waals surface area contributed by atoms with Gasteiger partial charge in [0.15, 0.2) is 0 Å². The second-order valence-corrected chi connectivity index (χ2v) is 6.90. The molecule has 0 saturated carbocycles. The molecule has 0 aromatic heterocycles. The first-order valence-corrected chi connectivity index (χ1v) is 8.77. The number of benzene rings is 1. The lowest BCUT2D eigenvalue weighted by atomic mass is 10.0. The number of carbonyl (C=O) groups excluding carboxylic acids is 2. The second kappa shape index (κ2) is 8.58. The number of likely N-dealkylation sites (tertiary alicyclic amines) is 1. The molecule has 4 nitrogen and oxygen atoms in total. The van der Waals surface area contributed by atoms with E-state index in [0.29, 0.717) is 18.2 Å². The van der Waals surface area contributed by atoms with Crippen molar-refractivity contribution in [3.8, 4) is 0 Å². The molecular weight excluding hydrogens is 331 g/mol. The van der Waals surface area contributed by atoms with Crippen LogP contribution in [0, 0.1) is 5.82 Å². The standard InChI is InChI=1S/C18H24ClFN2O2/c1-12-5-3-4-8-22(12)13(2)11-21-18(24)17(23)10-14-6-7-15(19)16(20)9-14/h6-7,9,12-13H,3-5,8,10-11H2,1-2H3,(H,21,24). The summed E-state index contributed by atoms with van der Waals surface area (Å²) in [5.41, 5.74) is 0.440. The molecule has 1 N–H and O–H groups in total. The average Bonchev–Trinajstić information content (AvgIpc) is 2.56. The van der Waals surface area contributed by atoms with Gasteiger partial charge in [0.05, 0.1) is 5.02 Å². The van der Waals surface area contributed by atoms with Crippen LogP contribution in [0.1, 0.15) is 38.7 Å². The van der Waals surface area contributed by atoms with E-state index in [1.807, 2.05) is 0 Å². The molecule has 0 bridgehead atoms. The zero-order valence-corrected chi connectivity index (χ0v) is 14.9. The van der Waals surface area contributed by atoms with Crippen molar-refractivity contribution < 1.29 is 14.0 Å². The van der Waals surface area contributed by atoms with E-state index in [1.165, 1.54) is 31.4 Å². The van der Waals surface area contributed by atoms with Crippen molar-refractivity contribution in [1.29, 1.82) is 0 Å². The van der Waals surface area contributed by atoms with Gasteiger partial charge in [0.25, 0.3) is 5.91 Å². The number of rotatable bonds is 6. The second-order valence-electron chi connectivity index (χ2n) is 6.49. The minimum absolute atomic E-state index is 0.000117. The highest BCUT2D eigenvalue weighted by atomic mass is 35.5. The molecule has 2 atom stereocenters. The third kappa shape index (κ3) is 5.02. The minimum Gasteiger partial charge on any atom is -0.348 e. The van der Waals surface area contributed by atoms with Crippen LogP contribution in [0.3, 0.4) is 0 Å². The van der Waals surface area contributed by atoms with Gasteiger partial charge in [0.2, 0.25) is 5.78 Å². The van der Waals surface area contributed by atoms with E-state index in [9.17, 15) is 14.0 Å². The lowest BCUT2D eigenvalue weighted by molar-refractivity contribution is -0.137. The predicted octanol–water partition coefficient (Wildman–Crippen LogP) is 2.97. The fourth-order valence-electron chi connectivity index (χ4n) is 3.15. The van der Waals surface area contributed by atoms with E-state index in [-0.39, 0.29) is 17.5 Å². The van der Waals surface area contributed by atoms with Crippen molar-refractivity contribution in [3.05, 3.63) is 34.6 Å². The Morgan fingerprint density at radius 2 is 2.17 bits per heavy atom. The first-order chi connectivity index (χ1) is 11.4. The maximum atomic E-state index is 13.4. The van der Waals surface area contributed by atoms with E-state index in [4.69, 9.17) is 11.6 Å². The minimum atomic E-state index is -0.623. The third-order valence-corrected chi connectivity index (χ3v) is 4.89. The van der Waals surface area contributed by atoms with E-state index >= 15 is 0 Å². The fourth-order valence-corrected chi connectivity index (χ4v) is 3.26. The molecular formula is C18H24ClFN2O2. The Bertz CT molecular complexity index is 609. The molecule has 2 rings (SSSR count). The molecule has 0 aliphatic carbocycles. The molecule has 1 aliphatic heterocycles. The molecule has 2 unspecified atom stereocenters. The largest absolute Gasteiger partial charge is 0.348 e. The van der Waals surface area contributed by atoms with Crippen molar-refractivity contribution >= 4 is 23.3 Å². The van der Waals surface area contributed by atoms with Crippen molar-refractivity contribution in [3.63, 3.8) is 0 Å². The highest BCUT2D eigenvalue weighted by Gasteiger charge is 2.24. The number of nitrogens with zero attached hydrogens (tertiary/aromatic N) is 1. The summed E-state index contributed by atoms with van der Waals surface area (Å²) in [6, 6.07) is 4.81. The van der Waals surface area contributed by atoms with Crippen LogP contribution in [0.5, 0.6) is 0 Å². The van der Waals surface area contributed by atoms with E-state index in [0.717, 1.165) is 6.54 Å². The maximum absolute atomic E-state index is 13.4. The molecule has 0 radical (unpaired) electrons. The number of amides is 1. The van der Waals surface area contributed by atoms with Crippen LogP contribution in [0.2, 0.25) is 5.02 Å². The Morgan fingerprint density at radius 1 is 1.42 bits per heavy atom. The van der Waals surface area contributed by atoms with Crippen molar-refractivity contribution in [2.24, 2.45) is 0 Å². The van der Waals surface area contributed by atoms with Gasteiger partial charge in [-0.1, -0.05) is 24.1 Å². The lowest BCUT2D eigenvalue weighted by Crippen LogP contribution is -2.49. The third-order valence-electron chi connectivity index (χ3n) is 4.58. The first kappa shape index (κ1) is 18.9. The Hall–Kier alpha value is -1.46. The Morgan fingerprint density at radius 3 is 2.83 bits per heavy atom. The summed E-state index contributed by atoms with van der Waals surface area (Å²) in [4.78, 5) is 26.3. The highest BCUT2D eigenvalue weighted by Crippen LogP contribution is 2.19. The monoisotopic (exact) mass is 354 g/mol. The zero-order chi connectivity index (χ0) is 17.7. The maximum Gasteiger partial charge on any atom is 0.287 e. The molecule has 6 heteroatoms. The number of piperidine rings is 1. The Labute approximate surface area is 147 Å². The predicted molar refractivity (Wildman–Crippen MR) is 92.6 cm³/mol. The quantitative estimate of drug-likeness (QED) is 0.799. The molecule has 1 heterocycles. The van der Waals surface area contributed by atoms with E-state index < -0.39 is 17.5 Å². The molecule has 0 spiro atoms. The van der Waals surface area contributed by atoms with Gasteiger partial charge < -0.3 is 5.32 Å². The van der Waals surface area contributed by atoms with Gasteiger partial charge in [0.1, 0.15) is 5.82 Å². The molecule has 132 valence electrons. The van der Waals surface area contributed by atoms with Crippen LogP contribution in [0.25, 0.3) is 0 Å². The van der Waals surface area contributed by atoms with Crippen LogP contribution in [0.4, 0.5) is 4.39 Å². The van der Waals surface area contributed by atoms with Gasteiger partial charge in [-0.05, 0) is 50.9 Å². The van der Waals surface area contributed by atoms with Crippen molar-refractivity contribution in [2.45, 2.75) is 51.6 Å². The number of carbonyl (C=O) groups is 2. The van der Waals surface area contributed by atoms with Crippen LogP contribution in [-0.2, 0) is 16.0 Å². The number of halogens is 2. The summed E-state index contributed by atoms with van der Waals surface area (Å²) < 4.78 is 13.4. The van der Waals surface area contributed by atoms with E-state index in [1.54, 1.807) is 6.07 Å². The summed E-state index contributed by atoms with van der Waals surface area (Å²) >= 11 is 5.61. The lowest BCUT2D eigenvalue weighted by Gasteiger charge is -2.38. The van der Waals surface area contributed by atoms with Gasteiger partial charge >= 0.3 is 0 Å². The fraction of sp³-hybridized carbons (Fsp3) is 0.556. The summed E-state index contributed by atoms with van der Waals surface area (Å²) in [5, 5.41) is 2.70. The molecule has 1 aliphatic rings. The normalized spacial score (nSPS) is 19.8. The summed E-state index contributed by atoms with van der Waals surface area (Å²) in [6.07, 6.45) is 3.45. The molecule has 1 aromatic rings. The number of hydrogen-bond acceptors (Lipinski definition) is 3. The molecule has 1 amide bonds. The number of ketones is 1. The molecule has 1 aromatic carbocycles. The van der Waals surface area contributed by atoms with Gasteiger partial charge in [-0.2, -0.15) is 0 Å². The average molecular weight is 355 g/mol. The van der Waals surface area contributed by atoms with Gasteiger partial charge in [-0.15, -0.1) is 0 Å². The first-order valence-electron chi connectivity index (χ1n) is 8.39. The smallest absolute Gasteiger partial charge is 0.287 e. The van der Waals surface area contributed by atoms with Crippen molar-refractivity contribution in [2.75, 3.05) is 13.1 Å². The Kier molecular flexibility index (Phi) is 6.75. The summed E-state index contributed by atoms with van der Waals surface area (Å²) in [7, 11) is 0. The number of nitrogens with one attached hydrogen (secondary N) is 1.